The van der Waals surface area contributed by atoms with E-state index in [0.29, 0.717) is 11.2 Å². The zero-order valence-corrected chi connectivity index (χ0v) is 12.8. The van der Waals surface area contributed by atoms with Gasteiger partial charge in [0, 0.05) is 23.0 Å². The van der Waals surface area contributed by atoms with Crippen LogP contribution in [-0.4, -0.2) is 27.2 Å². The van der Waals surface area contributed by atoms with E-state index in [4.69, 9.17) is 12.2 Å². The molecule has 2 aliphatic rings. The van der Waals surface area contributed by atoms with E-state index in [1.165, 1.54) is 42.9 Å². The van der Waals surface area contributed by atoms with Gasteiger partial charge in [-0.05, 0) is 24.8 Å². The fourth-order valence-electron chi connectivity index (χ4n) is 2.75. The highest BCUT2D eigenvalue weighted by Crippen LogP contribution is 2.37. The standard InChI is InChI=1S/C13H18N2S3/c16-12-7-10(9-3-1-2-4-9)14-13(15-12)11-8-17-5-6-18-11/h7,9,11H,1-6,8H2,(H,14,15,16). The van der Waals surface area contributed by atoms with Gasteiger partial charge in [0.25, 0.3) is 0 Å². The smallest absolute Gasteiger partial charge is 0.130 e. The molecule has 0 bridgehead atoms. The van der Waals surface area contributed by atoms with Gasteiger partial charge in [-0.15, -0.1) is 11.8 Å². The molecule has 3 rings (SSSR count). The second kappa shape index (κ2) is 5.97. The van der Waals surface area contributed by atoms with Crippen LogP contribution in [-0.2, 0) is 0 Å². The molecular weight excluding hydrogens is 280 g/mol. The van der Waals surface area contributed by atoms with Crippen molar-refractivity contribution in [3.05, 3.63) is 22.2 Å². The van der Waals surface area contributed by atoms with Crippen molar-refractivity contribution >= 4 is 35.7 Å². The molecule has 1 aromatic heterocycles. The largest absolute Gasteiger partial charge is 0.346 e. The first-order valence-electron chi connectivity index (χ1n) is 6.63. The van der Waals surface area contributed by atoms with Crippen LogP contribution in [0.25, 0.3) is 0 Å². The van der Waals surface area contributed by atoms with Crippen molar-refractivity contribution in [3.63, 3.8) is 0 Å². The lowest BCUT2D eigenvalue weighted by Gasteiger charge is -2.21. The van der Waals surface area contributed by atoms with Crippen LogP contribution in [0, 0.1) is 4.64 Å². The van der Waals surface area contributed by atoms with Crippen molar-refractivity contribution in [3.8, 4) is 0 Å². The zero-order valence-electron chi connectivity index (χ0n) is 10.4. The van der Waals surface area contributed by atoms with E-state index in [1.807, 2.05) is 23.5 Å². The van der Waals surface area contributed by atoms with Gasteiger partial charge in [0.2, 0.25) is 0 Å². The highest BCUT2D eigenvalue weighted by molar-refractivity contribution is 8.06. The molecule has 5 heteroatoms. The molecular formula is C13H18N2S3. The summed E-state index contributed by atoms with van der Waals surface area (Å²) < 4.78 is 0.766. The van der Waals surface area contributed by atoms with Gasteiger partial charge in [0.1, 0.15) is 10.5 Å². The molecule has 2 fully saturated rings. The zero-order chi connectivity index (χ0) is 12.4. The SMILES string of the molecule is S=c1cc(C2CCCC2)[nH]c(C2CSCCS2)n1. The van der Waals surface area contributed by atoms with E-state index in [1.54, 1.807) is 0 Å². The minimum absolute atomic E-state index is 0.506. The van der Waals surface area contributed by atoms with Crippen molar-refractivity contribution in [1.82, 2.24) is 9.97 Å². The minimum atomic E-state index is 0.506. The van der Waals surface area contributed by atoms with Gasteiger partial charge in [0.15, 0.2) is 0 Å². The normalized spacial score (nSPS) is 25.4. The predicted molar refractivity (Wildman–Crippen MR) is 83.2 cm³/mol. The molecule has 1 aliphatic carbocycles. The maximum absolute atomic E-state index is 5.34. The van der Waals surface area contributed by atoms with E-state index < -0.39 is 0 Å². The summed E-state index contributed by atoms with van der Waals surface area (Å²) >= 11 is 9.39. The summed E-state index contributed by atoms with van der Waals surface area (Å²) in [5, 5.41) is 0.506. The molecule has 1 saturated carbocycles. The van der Waals surface area contributed by atoms with Gasteiger partial charge in [-0.2, -0.15) is 11.8 Å². The van der Waals surface area contributed by atoms with Crippen molar-refractivity contribution < 1.29 is 0 Å². The molecule has 0 amide bonds. The predicted octanol–water partition coefficient (Wildman–Crippen LogP) is 4.32. The Balaban J connectivity index is 1.87. The quantitative estimate of drug-likeness (QED) is 0.823. The first-order chi connectivity index (χ1) is 8.83. The van der Waals surface area contributed by atoms with Gasteiger partial charge in [0.05, 0.1) is 5.25 Å². The summed E-state index contributed by atoms with van der Waals surface area (Å²) in [4.78, 5) is 8.14. The number of aromatic nitrogens is 2. The highest BCUT2D eigenvalue weighted by atomic mass is 32.2. The first kappa shape index (κ1) is 13.0. The summed E-state index contributed by atoms with van der Waals surface area (Å²) in [6.45, 7) is 0. The lowest BCUT2D eigenvalue weighted by molar-refractivity contribution is 0.682. The third-order valence-corrected chi connectivity index (χ3v) is 6.67. The third kappa shape index (κ3) is 2.94. The van der Waals surface area contributed by atoms with Crippen LogP contribution >= 0.6 is 35.7 Å². The molecule has 2 heterocycles. The van der Waals surface area contributed by atoms with E-state index in [0.717, 1.165) is 16.2 Å². The van der Waals surface area contributed by atoms with Crippen molar-refractivity contribution in [2.24, 2.45) is 0 Å². The lowest BCUT2D eigenvalue weighted by atomic mass is 10.0. The second-order valence-electron chi connectivity index (χ2n) is 4.98. The molecule has 1 N–H and O–H groups in total. The van der Waals surface area contributed by atoms with Gasteiger partial charge in [-0.1, -0.05) is 25.1 Å². The molecule has 18 heavy (non-hydrogen) atoms. The molecule has 2 nitrogen and oxygen atoms in total. The molecule has 0 spiro atoms. The molecule has 98 valence electrons. The summed E-state index contributed by atoms with van der Waals surface area (Å²) in [5.41, 5.74) is 1.33. The highest BCUT2D eigenvalue weighted by Gasteiger charge is 2.22. The molecule has 0 radical (unpaired) electrons. The molecule has 1 aliphatic heterocycles. The van der Waals surface area contributed by atoms with Gasteiger partial charge < -0.3 is 4.98 Å². The van der Waals surface area contributed by atoms with E-state index in [-0.39, 0.29) is 0 Å². The molecule has 1 aromatic rings. The van der Waals surface area contributed by atoms with Crippen molar-refractivity contribution in [1.29, 1.82) is 0 Å². The Morgan fingerprint density at radius 3 is 2.83 bits per heavy atom. The Bertz CT molecular complexity index is 460. The maximum Gasteiger partial charge on any atom is 0.130 e. The van der Waals surface area contributed by atoms with Crippen LogP contribution in [0.3, 0.4) is 0 Å². The first-order valence-corrected chi connectivity index (χ1v) is 9.24. The van der Waals surface area contributed by atoms with Crippen LogP contribution in [0.1, 0.15) is 48.4 Å². The van der Waals surface area contributed by atoms with E-state index in [9.17, 15) is 0 Å². The van der Waals surface area contributed by atoms with Crippen LogP contribution in [0.5, 0.6) is 0 Å². The maximum atomic E-state index is 5.34. The van der Waals surface area contributed by atoms with Gasteiger partial charge >= 0.3 is 0 Å². The molecule has 1 unspecified atom stereocenters. The van der Waals surface area contributed by atoms with Crippen LogP contribution in [0.4, 0.5) is 0 Å². The number of nitrogens with one attached hydrogen (secondary N) is 1. The summed E-state index contributed by atoms with van der Waals surface area (Å²) in [6.07, 6.45) is 5.33. The van der Waals surface area contributed by atoms with Crippen molar-refractivity contribution in [2.75, 3.05) is 17.3 Å². The molecule has 0 aromatic carbocycles. The van der Waals surface area contributed by atoms with E-state index in [2.05, 4.69) is 16.0 Å². The van der Waals surface area contributed by atoms with Crippen molar-refractivity contribution in [2.45, 2.75) is 36.9 Å². The summed E-state index contributed by atoms with van der Waals surface area (Å²) in [6, 6.07) is 2.08. The Kier molecular flexibility index (Phi) is 4.31. The Hall–Kier alpha value is -0.0000000000000000555. The fourth-order valence-corrected chi connectivity index (χ4v) is 5.60. The average molecular weight is 299 g/mol. The van der Waals surface area contributed by atoms with Crippen LogP contribution < -0.4 is 0 Å². The third-order valence-electron chi connectivity index (χ3n) is 3.70. The number of hydrogen-bond acceptors (Lipinski definition) is 4. The number of aromatic amines is 1. The topological polar surface area (TPSA) is 28.7 Å². The van der Waals surface area contributed by atoms with Crippen LogP contribution in [0.15, 0.2) is 6.07 Å². The Morgan fingerprint density at radius 2 is 2.11 bits per heavy atom. The average Bonchev–Trinajstić information content (AvgIpc) is 2.93. The number of hydrogen-bond donors (Lipinski definition) is 1. The number of thioether (sulfide) groups is 2. The molecule has 1 atom stereocenters. The van der Waals surface area contributed by atoms with Crippen LogP contribution in [0.2, 0.25) is 0 Å². The molecule has 1 saturated heterocycles. The van der Waals surface area contributed by atoms with E-state index >= 15 is 0 Å². The lowest BCUT2D eigenvalue weighted by Crippen LogP contribution is -2.12. The minimum Gasteiger partial charge on any atom is -0.346 e. The fraction of sp³-hybridized carbons (Fsp3) is 0.692. The second-order valence-corrected chi connectivity index (χ2v) is 7.85. The summed E-state index contributed by atoms with van der Waals surface area (Å²) in [7, 11) is 0. The number of H-pyrrole nitrogens is 1. The monoisotopic (exact) mass is 298 g/mol. The Morgan fingerprint density at radius 1 is 1.28 bits per heavy atom. The number of nitrogens with zero attached hydrogens (tertiary/aromatic N) is 1. The van der Waals surface area contributed by atoms with Gasteiger partial charge in [-0.3, -0.25) is 0 Å². The Labute approximate surface area is 122 Å². The summed E-state index contributed by atoms with van der Waals surface area (Å²) in [5.74, 6) is 5.46. The number of rotatable bonds is 2. The van der Waals surface area contributed by atoms with Gasteiger partial charge in [-0.25, -0.2) is 4.98 Å².